The standard InChI is InChI=1S/C21H33N5O6S/c27-17(12-33-13-18(28)29)25-9-10-26(21(32)23-14-5-2-1-3-6-14)16(11-25)20(31)24-15-7-4-8-22-19(15)30/h14-16H,1-13H2,(H,22,30)(H,23,32)(H,24,31)(H,28,29)/t15-,16+/m0/s1. The molecule has 2 saturated heterocycles. The first kappa shape index (κ1) is 25.1. The molecule has 2 atom stereocenters. The third kappa shape index (κ3) is 7.24. The summed E-state index contributed by atoms with van der Waals surface area (Å²) in [6.45, 7) is 1.02. The Labute approximate surface area is 197 Å². The number of piperidine rings is 1. The monoisotopic (exact) mass is 483 g/mol. The maximum atomic E-state index is 13.2. The van der Waals surface area contributed by atoms with Crippen molar-refractivity contribution in [1.82, 2.24) is 25.8 Å². The fraction of sp³-hybridized carbons (Fsp3) is 0.762. The van der Waals surface area contributed by atoms with Crippen LogP contribution in [0.3, 0.4) is 0 Å². The zero-order chi connectivity index (χ0) is 23.8. The van der Waals surface area contributed by atoms with Crippen LogP contribution in [0.2, 0.25) is 0 Å². The largest absolute Gasteiger partial charge is 0.481 e. The first-order chi connectivity index (χ1) is 15.8. The molecule has 4 N–H and O–H groups in total. The maximum Gasteiger partial charge on any atom is 0.318 e. The molecule has 184 valence electrons. The van der Waals surface area contributed by atoms with Crippen molar-refractivity contribution in [3.05, 3.63) is 0 Å². The van der Waals surface area contributed by atoms with Crippen LogP contribution in [-0.4, -0.2) is 100 Å². The molecule has 0 unspecified atom stereocenters. The molecule has 3 rings (SSSR count). The Balaban J connectivity index is 1.66. The number of aliphatic carboxylic acids is 1. The Kier molecular flexibility index (Phi) is 9.21. The Morgan fingerprint density at radius 1 is 1.00 bits per heavy atom. The van der Waals surface area contributed by atoms with Crippen molar-refractivity contribution in [2.24, 2.45) is 0 Å². The Bertz CT molecular complexity index is 759. The van der Waals surface area contributed by atoms with E-state index in [0.29, 0.717) is 13.0 Å². The molecular weight excluding hydrogens is 450 g/mol. The van der Waals surface area contributed by atoms with E-state index in [1.54, 1.807) is 0 Å². The van der Waals surface area contributed by atoms with E-state index in [2.05, 4.69) is 16.0 Å². The van der Waals surface area contributed by atoms with Gasteiger partial charge in [-0.05, 0) is 25.7 Å². The SMILES string of the molecule is O=C(O)CSCC(=O)N1CCN(C(=O)NC2CCCCC2)[C@@H](C(=O)N[C@H]2CCCNC2=O)C1. The van der Waals surface area contributed by atoms with Crippen LogP contribution in [0.15, 0.2) is 0 Å². The predicted molar refractivity (Wildman–Crippen MR) is 122 cm³/mol. The molecule has 0 bridgehead atoms. The Morgan fingerprint density at radius 2 is 1.76 bits per heavy atom. The highest BCUT2D eigenvalue weighted by atomic mass is 32.2. The van der Waals surface area contributed by atoms with Crippen molar-refractivity contribution >= 4 is 41.5 Å². The van der Waals surface area contributed by atoms with E-state index < -0.39 is 24.0 Å². The summed E-state index contributed by atoms with van der Waals surface area (Å²) in [5.41, 5.74) is 0. The molecule has 5 amide bonds. The van der Waals surface area contributed by atoms with Gasteiger partial charge in [0.2, 0.25) is 17.7 Å². The lowest BCUT2D eigenvalue weighted by atomic mass is 9.95. The molecule has 12 heteroatoms. The molecule has 3 aliphatic rings. The second-order valence-corrected chi connectivity index (χ2v) is 9.70. The molecule has 2 aliphatic heterocycles. The fourth-order valence-electron chi connectivity index (χ4n) is 4.48. The fourth-order valence-corrected chi connectivity index (χ4v) is 5.11. The van der Waals surface area contributed by atoms with Gasteiger partial charge in [0.25, 0.3) is 0 Å². The van der Waals surface area contributed by atoms with E-state index in [4.69, 9.17) is 5.11 Å². The van der Waals surface area contributed by atoms with Gasteiger partial charge in [-0.1, -0.05) is 19.3 Å². The third-order valence-corrected chi connectivity index (χ3v) is 7.18. The number of carboxylic acid groups (broad SMARTS) is 1. The van der Waals surface area contributed by atoms with Crippen molar-refractivity contribution < 1.29 is 29.1 Å². The quantitative estimate of drug-likeness (QED) is 0.390. The van der Waals surface area contributed by atoms with Crippen LogP contribution >= 0.6 is 11.8 Å². The molecule has 2 heterocycles. The lowest BCUT2D eigenvalue weighted by molar-refractivity contribution is -0.137. The van der Waals surface area contributed by atoms with Crippen LogP contribution < -0.4 is 16.0 Å². The van der Waals surface area contributed by atoms with Crippen molar-refractivity contribution in [1.29, 1.82) is 0 Å². The zero-order valence-corrected chi connectivity index (χ0v) is 19.5. The number of thioether (sulfide) groups is 1. The summed E-state index contributed by atoms with van der Waals surface area (Å²) in [4.78, 5) is 64.5. The Morgan fingerprint density at radius 3 is 2.45 bits per heavy atom. The average Bonchev–Trinajstić information content (AvgIpc) is 2.80. The first-order valence-corrected chi connectivity index (χ1v) is 12.7. The van der Waals surface area contributed by atoms with Gasteiger partial charge in [0.1, 0.15) is 12.1 Å². The van der Waals surface area contributed by atoms with Crippen molar-refractivity contribution in [2.75, 3.05) is 37.7 Å². The summed E-state index contributed by atoms with van der Waals surface area (Å²) in [7, 11) is 0. The van der Waals surface area contributed by atoms with Crippen LogP contribution in [-0.2, 0) is 19.2 Å². The van der Waals surface area contributed by atoms with Crippen molar-refractivity contribution in [3.63, 3.8) is 0 Å². The first-order valence-electron chi connectivity index (χ1n) is 11.6. The average molecular weight is 484 g/mol. The number of rotatable bonds is 7. The molecule has 0 radical (unpaired) electrons. The minimum atomic E-state index is -1.000. The normalized spacial score (nSPS) is 24.1. The van der Waals surface area contributed by atoms with E-state index in [-0.39, 0.29) is 55.0 Å². The highest BCUT2D eigenvalue weighted by Crippen LogP contribution is 2.19. The summed E-state index contributed by atoms with van der Waals surface area (Å²) in [6.07, 6.45) is 6.35. The van der Waals surface area contributed by atoms with Gasteiger partial charge in [-0.25, -0.2) is 4.79 Å². The highest BCUT2D eigenvalue weighted by Gasteiger charge is 2.39. The van der Waals surface area contributed by atoms with Gasteiger partial charge in [0, 0.05) is 25.7 Å². The van der Waals surface area contributed by atoms with E-state index in [1.807, 2.05) is 0 Å². The number of hydrogen-bond donors (Lipinski definition) is 4. The van der Waals surface area contributed by atoms with Gasteiger partial charge in [0.05, 0.1) is 18.1 Å². The van der Waals surface area contributed by atoms with Crippen molar-refractivity contribution in [2.45, 2.75) is 63.1 Å². The molecule has 1 aliphatic carbocycles. The van der Waals surface area contributed by atoms with Crippen LogP contribution in [0.5, 0.6) is 0 Å². The number of hydrogen-bond acceptors (Lipinski definition) is 6. The molecule has 0 aromatic carbocycles. The number of nitrogens with one attached hydrogen (secondary N) is 3. The minimum absolute atomic E-state index is 0.00469. The van der Waals surface area contributed by atoms with E-state index in [0.717, 1.165) is 50.3 Å². The highest BCUT2D eigenvalue weighted by molar-refractivity contribution is 8.00. The number of carbonyl (C=O) groups is 5. The molecule has 33 heavy (non-hydrogen) atoms. The van der Waals surface area contributed by atoms with E-state index >= 15 is 0 Å². The van der Waals surface area contributed by atoms with Crippen LogP contribution in [0.1, 0.15) is 44.9 Å². The van der Waals surface area contributed by atoms with Crippen molar-refractivity contribution in [3.8, 4) is 0 Å². The lowest BCUT2D eigenvalue weighted by Gasteiger charge is -2.41. The predicted octanol–water partition coefficient (Wildman–Crippen LogP) is -0.246. The summed E-state index contributed by atoms with van der Waals surface area (Å²) in [6, 6.07) is -1.84. The molecule has 0 spiro atoms. The van der Waals surface area contributed by atoms with E-state index in [9.17, 15) is 24.0 Å². The number of nitrogens with zero attached hydrogens (tertiary/aromatic N) is 2. The lowest BCUT2D eigenvalue weighted by Crippen LogP contribution is -2.65. The van der Waals surface area contributed by atoms with Gasteiger partial charge < -0.3 is 30.9 Å². The topological polar surface area (TPSA) is 148 Å². The number of carboxylic acids is 1. The second kappa shape index (κ2) is 12.1. The van der Waals surface area contributed by atoms with Gasteiger partial charge >= 0.3 is 12.0 Å². The molecule has 1 saturated carbocycles. The molecule has 11 nitrogen and oxygen atoms in total. The Hall–Kier alpha value is -2.50. The smallest absolute Gasteiger partial charge is 0.318 e. The zero-order valence-electron chi connectivity index (χ0n) is 18.7. The van der Waals surface area contributed by atoms with E-state index in [1.165, 1.54) is 9.80 Å². The molecule has 0 aromatic heterocycles. The number of piperazine rings is 1. The van der Waals surface area contributed by atoms with Crippen LogP contribution in [0.4, 0.5) is 4.79 Å². The van der Waals surface area contributed by atoms with Gasteiger partial charge in [-0.15, -0.1) is 11.8 Å². The van der Waals surface area contributed by atoms with Crippen LogP contribution in [0, 0.1) is 0 Å². The number of urea groups is 1. The van der Waals surface area contributed by atoms with Gasteiger partial charge in [0.15, 0.2) is 0 Å². The summed E-state index contributed by atoms with van der Waals surface area (Å²) < 4.78 is 0. The number of carbonyl (C=O) groups excluding carboxylic acids is 4. The second-order valence-electron chi connectivity index (χ2n) is 8.71. The van der Waals surface area contributed by atoms with Crippen LogP contribution in [0.25, 0.3) is 0 Å². The summed E-state index contributed by atoms with van der Waals surface area (Å²) in [5.74, 6) is -2.19. The summed E-state index contributed by atoms with van der Waals surface area (Å²) >= 11 is 0.995. The molecular formula is C21H33N5O6S. The number of amides is 5. The van der Waals surface area contributed by atoms with Gasteiger partial charge in [-0.2, -0.15) is 0 Å². The summed E-state index contributed by atoms with van der Waals surface area (Å²) in [5, 5.41) is 17.3. The maximum absolute atomic E-state index is 13.2. The molecule has 0 aromatic rings. The minimum Gasteiger partial charge on any atom is -0.481 e. The van der Waals surface area contributed by atoms with Gasteiger partial charge in [-0.3, -0.25) is 19.2 Å². The third-order valence-electron chi connectivity index (χ3n) is 6.28. The molecule has 3 fully saturated rings.